The minimum absolute atomic E-state index is 0.663. The minimum atomic E-state index is 0.663. The maximum atomic E-state index is 2.72. The van der Waals surface area contributed by atoms with Gasteiger partial charge in [0.2, 0.25) is 0 Å². The molecule has 5 unspecified atom stereocenters. The molecule has 4 aliphatic rings. The van der Waals surface area contributed by atoms with E-state index in [4.69, 9.17) is 0 Å². The molecular formula is C14H20. The maximum absolute atomic E-state index is 2.72. The van der Waals surface area contributed by atoms with Gasteiger partial charge in [-0.05, 0) is 67.6 Å². The summed E-state index contributed by atoms with van der Waals surface area (Å²) in [6, 6.07) is 0. The molecule has 0 aromatic rings. The topological polar surface area (TPSA) is 0 Å². The molecule has 0 spiro atoms. The van der Waals surface area contributed by atoms with Crippen LogP contribution in [0, 0.1) is 29.1 Å². The monoisotopic (exact) mass is 188 g/mol. The van der Waals surface area contributed by atoms with E-state index in [1.165, 1.54) is 19.3 Å². The number of fused-ring (bicyclic) bond motifs is 4. The molecule has 0 saturated heterocycles. The van der Waals surface area contributed by atoms with E-state index in [-0.39, 0.29) is 0 Å². The molecule has 0 aromatic carbocycles. The molecule has 2 saturated carbocycles. The van der Waals surface area contributed by atoms with Crippen LogP contribution in [0.25, 0.3) is 0 Å². The summed E-state index contributed by atoms with van der Waals surface area (Å²) in [4.78, 5) is 0. The van der Waals surface area contributed by atoms with Gasteiger partial charge in [-0.1, -0.05) is 18.6 Å². The van der Waals surface area contributed by atoms with Gasteiger partial charge in [-0.2, -0.15) is 0 Å². The summed E-state index contributed by atoms with van der Waals surface area (Å²) >= 11 is 0. The quantitative estimate of drug-likeness (QED) is 0.507. The second kappa shape index (κ2) is 2.28. The van der Waals surface area contributed by atoms with Gasteiger partial charge in [0.1, 0.15) is 0 Å². The second-order valence-corrected chi connectivity index (χ2v) is 6.54. The van der Waals surface area contributed by atoms with Gasteiger partial charge in [0, 0.05) is 0 Å². The summed E-state index contributed by atoms with van der Waals surface area (Å²) in [6.07, 6.45) is 11.9. The second-order valence-electron chi connectivity index (χ2n) is 6.54. The lowest BCUT2D eigenvalue weighted by Crippen LogP contribution is -2.31. The average Bonchev–Trinajstić information content (AvgIpc) is 2.32. The van der Waals surface area contributed by atoms with E-state index in [1.54, 1.807) is 19.3 Å². The first-order valence-corrected chi connectivity index (χ1v) is 6.48. The molecule has 2 fully saturated rings. The molecular weight excluding hydrogens is 168 g/mol. The van der Waals surface area contributed by atoms with Crippen molar-refractivity contribution in [3.63, 3.8) is 0 Å². The Bertz CT molecular complexity index is 314. The van der Waals surface area contributed by atoms with Gasteiger partial charge in [-0.25, -0.2) is 0 Å². The van der Waals surface area contributed by atoms with Gasteiger partial charge in [0.15, 0.2) is 0 Å². The van der Waals surface area contributed by atoms with Crippen LogP contribution in [0.15, 0.2) is 11.6 Å². The van der Waals surface area contributed by atoms with E-state index in [0.717, 1.165) is 23.7 Å². The van der Waals surface area contributed by atoms with Crippen LogP contribution in [-0.4, -0.2) is 0 Å². The van der Waals surface area contributed by atoms with Crippen molar-refractivity contribution in [3.05, 3.63) is 11.6 Å². The van der Waals surface area contributed by atoms with Crippen molar-refractivity contribution in [3.8, 4) is 0 Å². The Kier molecular flexibility index (Phi) is 1.30. The molecule has 5 bridgehead atoms. The van der Waals surface area contributed by atoms with Crippen LogP contribution in [-0.2, 0) is 0 Å². The van der Waals surface area contributed by atoms with Crippen molar-refractivity contribution in [2.24, 2.45) is 29.1 Å². The van der Waals surface area contributed by atoms with Gasteiger partial charge in [-0.15, -0.1) is 0 Å². The lowest BCUT2D eigenvalue weighted by Gasteiger charge is -2.41. The fourth-order valence-corrected chi connectivity index (χ4v) is 5.22. The molecule has 14 heavy (non-hydrogen) atoms. The molecule has 0 heterocycles. The van der Waals surface area contributed by atoms with Crippen LogP contribution in [0.1, 0.15) is 45.4 Å². The Labute approximate surface area is 86.8 Å². The third-order valence-electron chi connectivity index (χ3n) is 5.89. The minimum Gasteiger partial charge on any atom is -0.0814 e. The SMILES string of the molecule is CC12CCC3C=C1C1CC(C3)CC2C1. The molecule has 4 rings (SSSR count). The predicted molar refractivity (Wildman–Crippen MR) is 57.9 cm³/mol. The van der Waals surface area contributed by atoms with E-state index in [1.807, 2.05) is 5.57 Å². The largest absolute Gasteiger partial charge is 0.0814 e. The Morgan fingerprint density at radius 3 is 3.07 bits per heavy atom. The zero-order valence-corrected chi connectivity index (χ0v) is 9.13. The van der Waals surface area contributed by atoms with Gasteiger partial charge < -0.3 is 0 Å². The summed E-state index contributed by atoms with van der Waals surface area (Å²) in [5, 5.41) is 0. The highest BCUT2D eigenvalue weighted by atomic mass is 14.6. The van der Waals surface area contributed by atoms with Gasteiger partial charge in [0.25, 0.3) is 0 Å². The fraction of sp³-hybridized carbons (Fsp3) is 0.857. The smallest absolute Gasteiger partial charge is 0.00847 e. The predicted octanol–water partition coefficient (Wildman–Crippen LogP) is 3.78. The van der Waals surface area contributed by atoms with Crippen LogP contribution in [0.5, 0.6) is 0 Å². The number of hydrogen-bond acceptors (Lipinski definition) is 0. The molecule has 0 nitrogen and oxygen atoms in total. The third kappa shape index (κ3) is 0.777. The molecule has 0 aromatic heterocycles. The molecule has 0 amide bonds. The first-order chi connectivity index (χ1) is 6.75. The highest BCUT2D eigenvalue weighted by molar-refractivity contribution is 5.30. The maximum Gasteiger partial charge on any atom is -0.00847 e. The van der Waals surface area contributed by atoms with E-state index >= 15 is 0 Å². The first-order valence-electron chi connectivity index (χ1n) is 6.48. The standard InChI is InChI=1S/C14H20/c1-14-3-2-9-4-10-5-11(13(14)7-9)8-12(14)6-10/h7,9-12H,2-6,8H2,1H3. The fourth-order valence-electron chi connectivity index (χ4n) is 5.22. The molecule has 0 aliphatic heterocycles. The molecule has 4 aliphatic carbocycles. The Morgan fingerprint density at radius 2 is 2.14 bits per heavy atom. The van der Waals surface area contributed by atoms with Crippen LogP contribution in [0.2, 0.25) is 0 Å². The summed E-state index contributed by atoms with van der Waals surface area (Å²) in [7, 11) is 0. The summed E-state index contributed by atoms with van der Waals surface area (Å²) < 4.78 is 0. The summed E-state index contributed by atoms with van der Waals surface area (Å²) in [6.45, 7) is 2.58. The van der Waals surface area contributed by atoms with Crippen molar-refractivity contribution < 1.29 is 0 Å². The van der Waals surface area contributed by atoms with Crippen molar-refractivity contribution in [1.82, 2.24) is 0 Å². The van der Waals surface area contributed by atoms with Crippen LogP contribution in [0.3, 0.4) is 0 Å². The number of allylic oxidation sites excluding steroid dienone is 2. The summed E-state index contributed by atoms with van der Waals surface area (Å²) in [5.41, 5.74) is 2.58. The zero-order valence-electron chi connectivity index (χ0n) is 9.13. The normalized spacial score (nSPS) is 58.8. The van der Waals surface area contributed by atoms with Crippen LogP contribution >= 0.6 is 0 Å². The zero-order chi connectivity index (χ0) is 9.34. The Morgan fingerprint density at radius 1 is 1.21 bits per heavy atom. The lowest BCUT2D eigenvalue weighted by molar-refractivity contribution is 0.132. The lowest BCUT2D eigenvalue weighted by atomic mass is 9.63. The average molecular weight is 188 g/mol. The number of rotatable bonds is 0. The Hall–Kier alpha value is -0.260. The van der Waals surface area contributed by atoms with Gasteiger partial charge >= 0.3 is 0 Å². The van der Waals surface area contributed by atoms with Crippen LogP contribution < -0.4 is 0 Å². The van der Waals surface area contributed by atoms with Crippen LogP contribution in [0.4, 0.5) is 0 Å². The van der Waals surface area contributed by atoms with Crippen molar-refractivity contribution in [1.29, 1.82) is 0 Å². The number of hydrogen-bond donors (Lipinski definition) is 0. The Balaban J connectivity index is 1.94. The molecule has 5 atom stereocenters. The van der Waals surface area contributed by atoms with Gasteiger partial charge in [-0.3, -0.25) is 0 Å². The van der Waals surface area contributed by atoms with Gasteiger partial charge in [0.05, 0.1) is 0 Å². The third-order valence-corrected chi connectivity index (χ3v) is 5.89. The van der Waals surface area contributed by atoms with E-state index in [0.29, 0.717) is 5.41 Å². The molecule has 0 N–H and O–H groups in total. The molecule has 0 heteroatoms. The van der Waals surface area contributed by atoms with E-state index < -0.39 is 0 Å². The molecule has 76 valence electrons. The highest BCUT2D eigenvalue weighted by Crippen LogP contribution is 2.65. The summed E-state index contributed by atoms with van der Waals surface area (Å²) in [5.74, 6) is 4.17. The van der Waals surface area contributed by atoms with E-state index in [2.05, 4.69) is 13.0 Å². The first kappa shape index (κ1) is 7.96. The van der Waals surface area contributed by atoms with Crippen molar-refractivity contribution in [2.45, 2.75) is 45.4 Å². The van der Waals surface area contributed by atoms with Crippen molar-refractivity contribution >= 4 is 0 Å². The molecule has 0 radical (unpaired) electrons. The van der Waals surface area contributed by atoms with E-state index in [9.17, 15) is 0 Å². The highest BCUT2D eigenvalue weighted by Gasteiger charge is 2.54. The van der Waals surface area contributed by atoms with Crippen molar-refractivity contribution in [2.75, 3.05) is 0 Å².